The molecule has 0 N–H and O–H groups in total. The van der Waals surface area contributed by atoms with Crippen LogP contribution >= 0.6 is 22.7 Å². The van der Waals surface area contributed by atoms with Crippen molar-refractivity contribution in [2.75, 3.05) is 0 Å². The molecule has 0 radical (unpaired) electrons. The van der Waals surface area contributed by atoms with E-state index in [0.717, 1.165) is 25.7 Å². The molecule has 0 aliphatic rings. The van der Waals surface area contributed by atoms with E-state index in [1.165, 1.54) is 210 Å². The highest BCUT2D eigenvalue weighted by molar-refractivity contribution is 7.08. The lowest BCUT2D eigenvalue weighted by Gasteiger charge is -2.14. The van der Waals surface area contributed by atoms with Gasteiger partial charge in [0.2, 0.25) is 0 Å². The maximum atomic E-state index is 3.91. The van der Waals surface area contributed by atoms with Gasteiger partial charge in [-0.3, -0.25) is 0 Å². The second kappa shape index (κ2) is 31.7. The van der Waals surface area contributed by atoms with E-state index in [4.69, 9.17) is 0 Å². The Bertz CT molecular complexity index is 1670. The van der Waals surface area contributed by atoms with Gasteiger partial charge in [0, 0.05) is 11.1 Å². The molecule has 4 aromatic rings. The highest BCUT2D eigenvalue weighted by Crippen LogP contribution is 2.27. The number of hydrogen-bond donors (Lipinski definition) is 0. The number of hydrogen-bond acceptors (Lipinski definition) is 2. The third kappa shape index (κ3) is 19.7. The molecule has 0 spiro atoms. The number of aryl methyl sites for hydroxylation is 4. The van der Waals surface area contributed by atoms with Crippen LogP contribution in [0.2, 0.25) is 0 Å². The van der Waals surface area contributed by atoms with E-state index in [9.17, 15) is 0 Å². The van der Waals surface area contributed by atoms with Crippen LogP contribution in [0.1, 0.15) is 237 Å². The lowest BCUT2D eigenvalue weighted by Crippen LogP contribution is -2.00. The summed E-state index contributed by atoms with van der Waals surface area (Å²) in [5.74, 6) is 7.82. The van der Waals surface area contributed by atoms with Gasteiger partial charge in [-0.15, -0.1) is 0 Å². The summed E-state index contributed by atoms with van der Waals surface area (Å²) in [6.07, 6.45) is 45.5. The molecule has 60 heavy (non-hydrogen) atoms. The van der Waals surface area contributed by atoms with Gasteiger partial charge in [-0.2, -0.15) is 22.7 Å². The molecule has 326 valence electrons. The van der Waals surface area contributed by atoms with Crippen LogP contribution in [-0.2, 0) is 25.7 Å². The van der Waals surface area contributed by atoms with Crippen molar-refractivity contribution in [2.24, 2.45) is 0 Å². The first kappa shape index (κ1) is 49.5. The summed E-state index contributed by atoms with van der Waals surface area (Å²) in [6, 6.07) is 14.6. The van der Waals surface area contributed by atoms with Crippen LogP contribution in [0.4, 0.5) is 0 Å². The average Bonchev–Trinajstić information content (AvgIpc) is 4.00. The van der Waals surface area contributed by atoms with E-state index in [1.807, 2.05) is 0 Å². The standard InChI is InChI=1S/C58H82S2/c1-5-9-13-17-21-25-29-51-45-57(53(31-27-23-19-15-11-7-3)43-55(51)35-33-49-39-41-59-47-49)37-38-58-46-52(30-26-22-18-14-10-6-2)56(36-34-50-40-42-60-48-50)44-54(58)32-28-24-20-16-12-8-4/h33-36,39-48H,5-32H2,1-4H3/b35-33+,36-34+. The fraction of sp³-hybridized carbons (Fsp3) is 0.552. The molecule has 2 heterocycles. The summed E-state index contributed by atoms with van der Waals surface area (Å²) in [4.78, 5) is 0. The zero-order valence-electron chi connectivity index (χ0n) is 38.7. The molecule has 0 aliphatic heterocycles. The number of thiophene rings is 2. The van der Waals surface area contributed by atoms with Crippen LogP contribution in [0, 0.1) is 11.8 Å². The molecule has 0 unspecified atom stereocenters. The van der Waals surface area contributed by atoms with Gasteiger partial charge in [-0.25, -0.2) is 0 Å². The Hall–Kier alpha value is -3.12. The fourth-order valence-electron chi connectivity index (χ4n) is 8.44. The SMILES string of the molecule is CCCCCCCCc1cc(/C=C/c2ccsc2)c(CCCCCCCC)cc1C#Cc1cc(CCCCCCCC)c(/C=C/c2ccsc2)cc1CCCCCCCC. The second-order valence-corrected chi connectivity index (χ2v) is 19.1. The molecule has 0 atom stereocenters. The number of unbranched alkanes of at least 4 members (excludes halogenated alkanes) is 20. The van der Waals surface area contributed by atoms with E-state index >= 15 is 0 Å². The number of rotatable bonds is 32. The van der Waals surface area contributed by atoms with Crippen molar-refractivity contribution in [1.29, 1.82) is 0 Å². The Kier molecular flexibility index (Phi) is 26.2. The smallest absolute Gasteiger partial charge is 0.0284 e. The highest BCUT2D eigenvalue weighted by atomic mass is 32.1. The zero-order valence-corrected chi connectivity index (χ0v) is 40.3. The van der Waals surface area contributed by atoms with Crippen LogP contribution in [0.5, 0.6) is 0 Å². The third-order valence-electron chi connectivity index (χ3n) is 12.3. The van der Waals surface area contributed by atoms with Gasteiger partial charge >= 0.3 is 0 Å². The fourth-order valence-corrected chi connectivity index (χ4v) is 9.69. The van der Waals surface area contributed by atoms with Gasteiger partial charge in [-0.1, -0.05) is 204 Å². The minimum absolute atomic E-state index is 1.10. The van der Waals surface area contributed by atoms with Crippen LogP contribution < -0.4 is 0 Å². The second-order valence-electron chi connectivity index (χ2n) is 17.5. The normalized spacial score (nSPS) is 11.6. The first-order valence-corrected chi connectivity index (χ1v) is 26.8. The average molecular weight is 843 g/mol. The van der Waals surface area contributed by atoms with Gasteiger partial charge in [0.15, 0.2) is 0 Å². The lowest BCUT2D eigenvalue weighted by molar-refractivity contribution is 0.605. The molecule has 0 bridgehead atoms. The maximum absolute atomic E-state index is 3.91. The highest BCUT2D eigenvalue weighted by Gasteiger charge is 2.12. The van der Waals surface area contributed by atoms with Crippen LogP contribution in [-0.4, -0.2) is 0 Å². The van der Waals surface area contributed by atoms with E-state index in [2.05, 4.69) is 122 Å². The molecular weight excluding hydrogens is 761 g/mol. The molecule has 2 heteroatoms. The van der Waals surface area contributed by atoms with Crippen molar-refractivity contribution in [2.45, 2.75) is 207 Å². The summed E-state index contributed by atoms with van der Waals surface area (Å²) in [7, 11) is 0. The van der Waals surface area contributed by atoms with E-state index < -0.39 is 0 Å². The molecule has 2 aromatic heterocycles. The summed E-state index contributed by atoms with van der Waals surface area (Å²) in [5, 5.41) is 8.89. The molecule has 0 saturated carbocycles. The maximum Gasteiger partial charge on any atom is 0.0284 e. The predicted octanol–water partition coefficient (Wildman–Crippen LogP) is 19.2. The summed E-state index contributed by atoms with van der Waals surface area (Å²) in [6.45, 7) is 9.25. The monoisotopic (exact) mass is 843 g/mol. The molecule has 0 amide bonds. The van der Waals surface area contributed by atoms with E-state index in [1.54, 1.807) is 22.7 Å². The molecule has 0 aliphatic carbocycles. The topological polar surface area (TPSA) is 0 Å². The summed E-state index contributed by atoms with van der Waals surface area (Å²) >= 11 is 3.56. The molecule has 0 saturated heterocycles. The van der Waals surface area contributed by atoms with Crippen molar-refractivity contribution in [3.05, 3.63) is 114 Å². The third-order valence-corrected chi connectivity index (χ3v) is 13.7. The zero-order chi connectivity index (χ0) is 42.3. The van der Waals surface area contributed by atoms with Crippen LogP contribution in [0.25, 0.3) is 24.3 Å². The minimum atomic E-state index is 1.10. The van der Waals surface area contributed by atoms with Gasteiger partial charge in [0.05, 0.1) is 0 Å². The Morgan fingerprint density at radius 1 is 0.367 bits per heavy atom. The minimum Gasteiger partial charge on any atom is -0.152 e. The first-order chi connectivity index (χ1) is 29.6. The lowest BCUT2D eigenvalue weighted by atomic mass is 9.90. The van der Waals surface area contributed by atoms with E-state index in [-0.39, 0.29) is 0 Å². The Morgan fingerprint density at radius 3 is 1.00 bits per heavy atom. The van der Waals surface area contributed by atoms with Crippen molar-refractivity contribution in [3.63, 3.8) is 0 Å². The van der Waals surface area contributed by atoms with Gasteiger partial charge in [0.1, 0.15) is 0 Å². The summed E-state index contributed by atoms with van der Waals surface area (Å²) < 4.78 is 0. The van der Waals surface area contributed by atoms with Crippen molar-refractivity contribution >= 4 is 47.0 Å². The molecule has 4 rings (SSSR count). The van der Waals surface area contributed by atoms with Gasteiger partial charge in [0.25, 0.3) is 0 Å². The van der Waals surface area contributed by atoms with Crippen molar-refractivity contribution < 1.29 is 0 Å². The van der Waals surface area contributed by atoms with E-state index in [0.29, 0.717) is 0 Å². The van der Waals surface area contributed by atoms with Crippen molar-refractivity contribution in [1.82, 2.24) is 0 Å². The predicted molar refractivity (Wildman–Crippen MR) is 274 cm³/mol. The van der Waals surface area contributed by atoms with Gasteiger partial charge < -0.3 is 0 Å². The molecule has 0 fully saturated rings. The van der Waals surface area contributed by atoms with Crippen molar-refractivity contribution in [3.8, 4) is 11.8 Å². The largest absolute Gasteiger partial charge is 0.152 e. The first-order valence-electron chi connectivity index (χ1n) is 24.9. The van der Waals surface area contributed by atoms with Crippen LogP contribution in [0.15, 0.2) is 57.9 Å². The molecule has 0 nitrogen and oxygen atoms in total. The van der Waals surface area contributed by atoms with Crippen LogP contribution in [0.3, 0.4) is 0 Å². The quantitative estimate of drug-likeness (QED) is 0.0339. The Balaban J connectivity index is 1.75. The number of benzene rings is 2. The molecule has 2 aromatic carbocycles. The molecular formula is C58H82S2. The van der Waals surface area contributed by atoms with Gasteiger partial charge in [-0.05, 0) is 142 Å². The Labute approximate surface area is 377 Å². The Morgan fingerprint density at radius 2 is 0.683 bits per heavy atom. The summed E-state index contributed by atoms with van der Waals surface area (Å²) in [5.41, 5.74) is 13.7.